The van der Waals surface area contributed by atoms with E-state index in [1.807, 2.05) is 84.4 Å². The summed E-state index contributed by atoms with van der Waals surface area (Å²) in [4.78, 5) is 17.1. The Morgan fingerprint density at radius 2 is 1.85 bits per heavy atom. The van der Waals surface area contributed by atoms with Crippen molar-refractivity contribution in [2.45, 2.75) is 6.92 Å². The minimum atomic E-state index is -0.124. The molecule has 26 heavy (non-hydrogen) atoms. The summed E-state index contributed by atoms with van der Waals surface area (Å²) in [6, 6.07) is 19.3. The fourth-order valence-corrected chi connectivity index (χ4v) is 3.08. The maximum Gasteiger partial charge on any atom is 0.255 e. The molecule has 0 bridgehead atoms. The van der Waals surface area contributed by atoms with Gasteiger partial charge in [0.2, 0.25) is 0 Å². The number of carbonyl (C=O) groups is 1. The summed E-state index contributed by atoms with van der Waals surface area (Å²) in [5.41, 5.74) is 5.19. The van der Waals surface area contributed by atoms with Crippen molar-refractivity contribution < 1.29 is 4.79 Å². The maximum atomic E-state index is 12.4. The maximum absolute atomic E-state index is 12.4. The van der Waals surface area contributed by atoms with E-state index in [0.717, 1.165) is 32.6 Å². The molecule has 1 N–H and O–H groups in total. The molecule has 4 nitrogen and oxygen atoms in total. The van der Waals surface area contributed by atoms with E-state index in [1.54, 1.807) is 0 Å². The number of aryl methyl sites for hydroxylation is 1. The number of imidazole rings is 1. The van der Waals surface area contributed by atoms with Crippen molar-refractivity contribution in [3.63, 3.8) is 0 Å². The van der Waals surface area contributed by atoms with Crippen LogP contribution in [-0.2, 0) is 0 Å². The van der Waals surface area contributed by atoms with Crippen LogP contribution >= 0.6 is 15.9 Å². The summed E-state index contributed by atoms with van der Waals surface area (Å²) in [6.45, 7) is 1.97. The number of amides is 1. The first kappa shape index (κ1) is 16.5. The van der Waals surface area contributed by atoms with E-state index in [4.69, 9.17) is 0 Å². The Hall–Kier alpha value is -2.92. The SMILES string of the molecule is Cc1cccc(C(=O)Nc2ccc3nc(-c4ccc(Br)cc4)cn3c2)c1. The summed E-state index contributed by atoms with van der Waals surface area (Å²) in [5.74, 6) is -0.124. The van der Waals surface area contributed by atoms with Crippen molar-refractivity contribution in [3.8, 4) is 11.3 Å². The van der Waals surface area contributed by atoms with E-state index in [1.165, 1.54) is 0 Å². The van der Waals surface area contributed by atoms with Crippen molar-refractivity contribution in [2.24, 2.45) is 0 Å². The van der Waals surface area contributed by atoms with Crippen molar-refractivity contribution in [2.75, 3.05) is 5.32 Å². The van der Waals surface area contributed by atoms with Crippen LogP contribution in [0, 0.1) is 6.92 Å². The fraction of sp³-hybridized carbons (Fsp3) is 0.0476. The quantitative estimate of drug-likeness (QED) is 0.500. The summed E-state index contributed by atoms with van der Waals surface area (Å²) < 4.78 is 2.95. The molecule has 0 atom stereocenters. The number of fused-ring (bicyclic) bond motifs is 1. The number of nitrogens with zero attached hydrogens (tertiary/aromatic N) is 2. The van der Waals surface area contributed by atoms with E-state index < -0.39 is 0 Å². The molecule has 0 spiro atoms. The third kappa shape index (κ3) is 3.39. The zero-order valence-corrected chi connectivity index (χ0v) is 15.7. The van der Waals surface area contributed by atoms with E-state index in [0.29, 0.717) is 5.56 Å². The van der Waals surface area contributed by atoms with Gasteiger partial charge in [-0.2, -0.15) is 0 Å². The van der Waals surface area contributed by atoms with Crippen LogP contribution in [-0.4, -0.2) is 15.3 Å². The Balaban J connectivity index is 1.61. The monoisotopic (exact) mass is 405 g/mol. The van der Waals surface area contributed by atoms with Crippen LogP contribution in [0.2, 0.25) is 0 Å². The Morgan fingerprint density at radius 3 is 2.62 bits per heavy atom. The first-order chi connectivity index (χ1) is 12.6. The summed E-state index contributed by atoms with van der Waals surface area (Å²) in [6.07, 6.45) is 3.83. The van der Waals surface area contributed by atoms with E-state index in [-0.39, 0.29) is 5.91 Å². The van der Waals surface area contributed by atoms with Crippen LogP contribution in [0.3, 0.4) is 0 Å². The molecule has 4 aromatic rings. The molecule has 0 aliphatic carbocycles. The molecule has 128 valence electrons. The highest BCUT2D eigenvalue weighted by atomic mass is 79.9. The summed E-state index contributed by atoms with van der Waals surface area (Å²) in [5, 5.41) is 2.94. The highest BCUT2D eigenvalue weighted by Gasteiger charge is 2.08. The molecule has 0 radical (unpaired) electrons. The van der Waals surface area contributed by atoms with Crippen LogP contribution in [0.15, 0.2) is 77.5 Å². The summed E-state index contributed by atoms with van der Waals surface area (Å²) >= 11 is 3.44. The first-order valence-electron chi connectivity index (χ1n) is 8.21. The smallest absolute Gasteiger partial charge is 0.255 e. The van der Waals surface area contributed by atoms with Gasteiger partial charge in [-0.1, -0.05) is 45.8 Å². The van der Waals surface area contributed by atoms with Gasteiger partial charge in [0, 0.05) is 28.0 Å². The lowest BCUT2D eigenvalue weighted by Gasteiger charge is -2.06. The average molecular weight is 406 g/mol. The van der Waals surface area contributed by atoms with Crippen molar-refractivity contribution in [1.82, 2.24) is 9.38 Å². The zero-order chi connectivity index (χ0) is 18.1. The van der Waals surface area contributed by atoms with Gasteiger partial charge in [-0.25, -0.2) is 4.98 Å². The Labute approximate surface area is 159 Å². The first-order valence-corrected chi connectivity index (χ1v) is 9.00. The molecule has 4 rings (SSSR count). The molecule has 0 aliphatic rings. The lowest BCUT2D eigenvalue weighted by molar-refractivity contribution is 0.102. The van der Waals surface area contributed by atoms with Gasteiger partial charge in [-0.05, 0) is 43.3 Å². The Bertz CT molecular complexity index is 1100. The number of carbonyl (C=O) groups excluding carboxylic acids is 1. The molecule has 0 unspecified atom stereocenters. The molecule has 2 aromatic heterocycles. The van der Waals surface area contributed by atoms with Gasteiger partial charge in [-0.3, -0.25) is 4.79 Å². The van der Waals surface area contributed by atoms with Crippen LogP contribution < -0.4 is 5.32 Å². The van der Waals surface area contributed by atoms with Gasteiger partial charge >= 0.3 is 0 Å². The van der Waals surface area contributed by atoms with Crippen molar-refractivity contribution >= 4 is 33.2 Å². The molecule has 0 saturated heterocycles. The highest BCUT2D eigenvalue weighted by Crippen LogP contribution is 2.22. The fourth-order valence-electron chi connectivity index (χ4n) is 2.82. The standard InChI is InChI=1S/C21H16BrN3O/c1-14-3-2-4-16(11-14)21(26)23-18-9-10-20-24-19(13-25(20)12-18)15-5-7-17(22)8-6-15/h2-13H,1H3,(H,23,26). The van der Waals surface area contributed by atoms with Gasteiger partial charge < -0.3 is 9.72 Å². The lowest BCUT2D eigenvalue weighted by atomic mass is 10.1. The zero-order valence-electron chi connectivity index (χ0n) is 14.1. The molecule has 1 amide bonds. The third-order valence-electron chi connectivity index (χ3n) is 4.13. The molecule has 0 fully saturated rings. The minimum Gasteiger partial charge on any atom is -0.321 e. The van der Waals surface area contributed by atoms with Crippen molar-refractivity contribution in [1.29, 1.82) is 0 Å². The van der Waals surface area contributed by atoms with E-state index in [2.05, 4.69) is 26.2 Å². The van der Waals surface area contributed by atoms with Crippen molar-refractivity contribution in [3.05, 3.63) is 88.7 Å². The number of nitrogens with one attached hydrogen (secondary N) is 1. The van der Waals surface area contributed by atoms with Gasteiger partial charge in [0.15, 0.2) is 0 Å². The lowest BCUT2D eigenvalue weighted by Crippen LogP contribution is -2.12. The van der Waals surface area contributed by atoms with Gasteiger partial charge in [0.1, 0.15) is 5.65 Å². The second-order valence-electron chi connectivity index (χ2n) is 6.14. The van der Waals surface area contributed by atoms with Gasteiger partial charge in [0.25, 0.3) is 5.91 Å². The van der Waals surface area contributed by atoms with Crippen LogP contribution in [0.25, 0.3) is 16.9 Å². The van der Waals surface area contributed by atoms with Crippen LogP contribution in [0.1, 0.15) is 15.9 Å². The molecular formula is C21H16BrN3O. The molecule has 0 saturated carbocycles. The Kier molecular flexibility index (Phi) is 4.31. The number of benzene rings is 2. The molecule has 0 aliphatic heterocycles. The number of aromatic nitrogens is 2. The minimum absolute atomic E-state index is 0.124. The number of anilines is 1. The molecule has 2 aromatic carbocycles. The van der Waals surface area contributed by atoms with E-state index >= 15 is 0 Å². The molecule has 2 heterocycles. The average Bonchev–Trinajstić information content (AvgIpc) is 3.05. The van der Waals surface area contributed by atoms with Crippen LogP contribution in [0.4, 0.5) is 5.69 Å². The number of pyridine rings is 1. The number of hydrogen-bond acceptors (Lipinski definition) is 2. The van der Waals surface area contributed by atoms with Gasteiger partial charge in [-0.15, -0.1) is 0 Å². The van der Waals surface area contributed by atoms with E-state index in [9.17, 15) is 4.79 Å². The second-order valence-corrected chi connectivity index (χ2v) is 7.06. The van der Waals surface area contributed by atoms with Crippen LogP contribution in [0.5, 0.6) is 0 Å². The largest absolute Gasteiger partial charge is 0.321 e. The normalized spacial score (nSPS) is 10.8. The number of halogens is 1. The molecular weight excluding hydrogens is 390 g/mol. The number of rotatable bonds is 3. The highest BCUT2D eigenvalue weighted by molar-refractivity contribution is 9.10. The predicted octanol–water partition coefficient (Wildman–Crippen LogP) is 5.32. The predicted molar refractivity (Wildman–Crippen MR) is 107 cm³/mol. The Morgan fingerprint density at radius 1 is 1.04 bits per heavy atom. The summed E-state index contributed by atoms with van der Waals surface area (Å²) in [7, 11) is 0. The molecule has 5 heteroatoms. The number of hydrogen-bond donors (Lipinski definition) is 1. The second kappa shape index (κ2) is 6.77. The third-order valence-corrected chi connectivity index (χ3v) is 4.66. The van der Waals surface area contributed by atoms with Gasteiger partial charge in [0.05, 0.1) is 11.4 Å². The topological polar surface area (TPSA) is 46.4 Å².